The lowest BCUT2D eigenvalue weighted by Crippen LogP contribution is -2.42. The van der Waals surface area contributed by atoms with Crippen molar-refractivity contribution in [2.45, 2.75) is 24.7 Å². The largest absolute Gasteiger partial charge is 0.493 e. The van der Waals surface area contributed by atoms with Crippen molar-refractivity contribution in [3.05, 3.63) is 69.8 Å². The van der Waals surface area contributed by atoms with Gasteiger partial charge >= 0.3 is 5.97 Å². The van der Waals surface area contributed by atoms with Crippen LogP contribution in [0.3, 0.4) is 0 Å². The third-order valence-electron chi connectivity index (χ3n) is 5.99. The molecule has 8 nitrogen and oxygen atoms in total. The van der Waals surface area contributed by atoms with Crippen molar-refractivity contribution in [2.75, 3.05) is 14.2 Å². The van der Waals surface area contributed by atoms with E-state index in [0.717, 1.165) is 0 Å². The minimum Gasteiger partial charge on any atom is -0.493 e. The van der Waals surface area contributed by atoms with Crippen molar-refractivity contribution >= 4 is 23.8 Å². The Hall–Kier alpha value is -3.78. The monoisotopic (exact) mass is 434 g/mol. The first-order valence-electron chi connectivity index (χ1n) is 9.97. The summed E-state index contributed by atoms with van der Waals surface area (Å²) in [4.78, 5) is 50.5. The summed E-state index contributed by atoms with van der Waals surface area (Å²) < 4.78 is 22.3. The fraction of sp³-hybridized carbons (Fsp3) is 0.250. The van der Waals surface area contributed by atoms with Crippen LogP contribution in [0.4, 0.5) is 0 Å². The Labute approximate surface area is 182 Å². The Morgan fingerprint density at radius 2 is 1.69 bits per heavy atom. The molecule has 3 atom stereocenters. The van der Waals surface area contributed by atoms with Crippen LogP contribution in [0.25, 0.3) is 0 Å². The number of aldehydes is 1. The molecule has 1 saturated heterocycles. The lowest BCUT2D eigenvalue weighted by atomic mass is 9.75. The van der Waals surface area contributed by atoms with E-state index in [2.05, 4.69) is 0 Å². The molecule has 0 saturated carbocycles. The zero-order chi connectivity index (χ0) is 22.6. The van der Waals surface area contributed by atoms with Gasteiger partial charge in [-0.15, -0.1) is 0 Å². The van der Waals surface area contributed by atoms with E-state index in [9.17, 15) is 19.2 Å². The molecular formula is C24H18O8. The van der Waals surface area contributed by atoms with Gasteiger partial charge in [-0.1, -0.05) is 24.3 Å². The molecule has 0 aromatic heterocycles. The van der Waals surface area contributed by atoms with Crippen molar-refractivity contribution in [3.63, 3.8) is 0 Å². The van der Waals surface area contributed by atoms with Crippen molar-refractivity contribution in [1.29, 1.82) is 0 Å². The number of hydrogen-bond acceptors (Lipinski definition) is 8. The molecule has 0 unspecified atom stereocenters. The van der Waals surface area contributed by atoms with Gasteiger partial charge in [0.1, 0.15) is 18.5 Å². The lowest BCUT2D eigenvalue weighted by molar-refractivity contribution is -0.140. The van der Waals surface area contributed by atoms with E-state index in [1.165, 1.54) is 20.3 Å². The van der Waals surface area contributed by atoms with E-state index >= 15 is 0 Å². The minimum atomic E-state index is -0.958. The minimum absolute atomic E-state index is 0.0232. The van der Waals surface area contributed by atoms with Gasteiger partial charge in [0.15, 0.2) is 29.2 Å². The molecule has 2 aromatic carbocycles. The number of Topliss-reactive ketones (excluding diaryl/α,β-unsaturated/α-hetero) is 2. The second-order valence-corrected chi connectivity index (χ2v) is 7.66. The number of carbonyl (C=O) groups excluding carboxylic acids is 4. The average Bonchev–Trinajstić information content (AvgIpc) is 3.20. The number of ether oxygens (including phenoxy) is 4. The molecule has 0 spiro atoms. The van der Waals surface area contributed by atoms with E-state index in [1.54, 1.807) is 30.3 Å². The van der Waals surface area contributed by atoms with Gasteiger partial charge in [-0.25, -0.2) is 0 Å². The van der Waals surface area contributed by atoms with Crippen LogP contribution in [0, 0.1) is 0 Å². The number of rotatable bonds is 4. The fourth-order valence-electron chi connectivity index (χ4n) is 4.55. The fourth-order valence-corrected chi connectivity index (χ4v) is 4.55. The smallest absolute Gasteiger partial charge is 0.309 e. The van der Waals surface area contributed by atoms with Gasteiger partial charge in [-0.2, -0.15) is 0 Å². The van der Waals surface area contributed by atoms with Crippen LogP contribution < -0.4 is 9.47 Å². The Kier molecular flexibility index (Phi) is 4.67. The van der Waals surface area contributed by atoms with Crippen LogP contribution >= 0.6 is 0 Å². The van der Waals surface area contributed by atoms with Crippen LogP contribution in [0.2, 0.25) is 0 Å². The molecule has 162 valence electrons. The molecule has 2 aliphatic heterocycles. The van der Waals surface area contributed by atoms with E-state index in [4.69, 9.17) is 18.9 Å². The van der Waals surface area contributed by atoms with E-state index < -0.39 is 35.8 Å². The Bertz CT molecular complexity index is 1210. The zero-order valence-electron chi connectivity index (χ0n) is 17.2. The van der Waals surface area contributed by atoms with Crippen LogP contribution in [-0.4, -0.2) is 50.2 Å². The van der Waals surface area contributed by atoms with Gasteiger partial charge in [0.25, 0.3) is 0 Å². The molecule has 0 radical (unpaired) electrons. The van der Waals surface area contributed by atoms with Gasteiger partial charge in [-0.3, -0.25) is 19.2 Å². The van der Waals surface area contributed by atoms with Crippen LogP contribution in [-0.2, 0) is 14.3 Å². The number of ketones is 2. The van der Waals surface area contributed by atoms with Gasteiger partial charge in [0.05, 0.1) is 31.8 Å². The molecule has 2 heterocycles. The lowest BCUT2D eigenvalue weighted by Gasteiger charge is -2.37. The highest BCUT2D eigenvalue weighted by Gasteiger charge is 2.52. The van der Waals surface area contributed by atoms with Gasteiger partial charge in [0, 0.05) is 16.7 Å². The summed E-state index contributed by atoms with van der Waals surface area (Å²) in [6.07, 6.45) is -1.89. The normalized spacial score (nSPS) is 23.8. The SMILES string of the molecule is COc1ccc2c(c1OC)C(=O)C1=C(C2=O)[C@@H]2OC(=O)C[C@@H]2O[C@H]1c1ccc(C=O)cc1. The van der Waals surface area contributed by atoms with Gasteiger partial charge in [0.2, 0.25) is 0 Å². The van der Waals surface area contributed by atoms with Gasteiger partial charge in [-0.05, 0) is 17.7 Å². The predicted octanol–water partition coefficient (Wildman–Crippen LogP) is 2.65. The quantitative estimate of drug-likeness (QED) is 0.534. The molecule has 1 aliphatic carbocycles. The highest BCUT2D eigenvalue weighted by atomic mass is 16.6. The summed E-state index contributed by atoms with van der Waals surface area (Å²) in [6.45, 7) is 0. The van der Waals surface area contributed by atoms with Gasteiger partial charge < -0.3 is 18.9 Å². The summed E-state index contributed by atoms with van der Waals surface area (Å²) in [7, 11) is 2.83. The first kappa shape index (κ1) is 20.1. The second kappa shape index (κ2) is 7.42. The number of fused-ring (bicyclic) bond motifs is 3. The van der Waals surface area contributed by atoms with Crippen molar-refractivity contribution in [2.24, 2.45) is 0 Å². The van der Waals surface area contributed by atoms with E-state index in [1.807, 2.05) is 0 Å². The van der Waals surface area contributed by atoms with Crippen LogP contribution in [0.5, 0.6) is 11.5 Å². The third kappa shape index (κ3) is 2.80. The molecule has 0 amide bonds. The molecule has 3 aliphatic rings. The van der Waals surface area contributed by atoms with Crippen molar-refractivity contribution in [3.8, 4) is 11.5 Å². The summed E-state index contributed by atoms with van der Waals surface area (Å²) in [6, 6.07) is 9.58. The molecule has 8 heteroatoms. The van der Waals surface area contributed by atoms with E-state index in [0.29, 0.717) is 23.2 Å². The number of carbonyl (C=O) groups is 4. The first-order valence-corrected chi connectivity index (χ1v) is 9.97. The maximum atomic E-state index is 13.8. The third-order valence-corrected chi connectivity index (χ3v) is 5.99. The Balaban J connectivity index is 1.73. The van der Waals surface area contributed by atoms with E-state index in [-0.39, 0.29) is 34.4 Å². The molecular weight excluding hydrogens is 416 g/mol. The molecule has 5 rings (SSSR count). The Morgan fingerprint density at radius 3 is 2.34 bits per heavy atom. The number of methoxy groups -OCH3 is 2. The highest BCUT2D eigenvalue weighted by molar-refractivity contribution is 6.29. The molecule has 0 bridgehead atoms. The molecule has 1 fully saturated rings. The Morgan fingerprint density at radius 1 is 0.938 bits per heavy atom. The molecule has 32 heavy (non-hydrogen) atoms. The van der Waals surface area contributed by atoms with Crippen molar-refractivity contribution in [1.82, 2.24) is 0 Å². The van der Waals surface area contributed by atoms with Crippen LogP contribution in [0.15, 0.2) is 47.5 Å². The molecule has 2 aromatic rings. The maximum absolute atomic E-state index is 13.8. The topological polar surface area (TPSA) is 105 Å². The summed E-state index contributed by atoms with van der Waals surface area (Å²) in [5, 5.41) is 0. The zero-order valence-corrected chi connectivity index (χ0v) is 17.2. The summed E-state index contributed by atoms with van der Waals surface area (Å²) in [5.41, 5.74) is 1.50. The predicted molar refractivity (Wildman–Crippen MR) is 109 cm³/mol. The summed E-state index contributed by atoms with van der Waals surface area (Å²) >= 11 is 0. The van der Waals surface area contributed by atoms with Crippen molar-refractivity contribution < 1.29 is 38.1 Å². The standard InChI is InChI=1S/C24H18O8/c1-29-14-8-7-13-17(23(14)30-2)21(28)19-18(20(13)27)24-15(9-16(26)32-24)31-22(19)12-5-3-11(10-25)4-6-12/h3-8,10,15,22,24H,9H2,1-2H3/t15-,22-,24+/m0/s1. The summed E-state index contributed by atoms with van der Waals surface area (Å²) in [5.74, 6) is -0.919. The second-order valence-electron chi connectivity index (χ2n) is 7.66. The number of esters is 1. The average molecular weight is 434 g/mol. The number of benzene rings is 2. The first-order chi connectivity index (χ1) is 15.5. The highest BCUT2D eigenvalue weighted by Crippen LogP contribution is 2.48. The molecule has 0 N–H and O–H groups in total. The van der Waals surface area contributed by atoms with Crippen LogP contribution in [0.1, 0.15) is 49.2 Å². The maximum Gasteiger partial charge on any atom is 0.309 e. The number of hydrogen-bond donors (Lipinski definition) is 0.